The predicted molar refractivity (Wildman–Crippen MR) is 80.2 cm³/mol. The maximum absolute atomic E-state index is 9.11. The molecular weight excluding hydrogens is 295 g/mol. The van der Waals surface area contributed by atoms with Crippen LogP contribution < -0.4 is 5.73 Å². The molecule has 0 atom stereocenters. The summed E-state index contributed by atoms with van der Waals surface area (Å²) in [6, 6.07) is 12.5. The quantitative estimate of drug-likeness (QED) is 0.743. The Morgan fingerprint density at radius 3 is 2.50 bits per heavy atom. The summed E-state index contributed by atoms with van der Waals surface area (Å²) < 4.78 is 1.72. The Morgan fingerprint density at radius 2 is 1.85 bits per heavy atom. The van der Waals surface area contributed by atoms with Crippen LogP contribution in [0.2, 0.25) is 10.0 Å². The lowest BCUT2D eigenvalue weighted by molar-refractivity contribution is 1.11. The molecule has 0 aliphatic carbocycles. The minimum atomic E-state index is 0.279. The second-order valence-corrected chi connectivity index (χ2v) is 5.09. The van der Waals surface area contributed by atoms with Crippen LogP contribution in [-0.4, -0.2) is 9.55 Å². The van der Waals surface area contributed by atoms with E-state index in [0.717, 1.165) is 5.52 Å². The van der Waals surface area contributed by atoms with Gasteiger partial charge in [0.25, 0.3) is 0 Å². The topological polar surface area (TPSA) is 67.6 Å². The largest absolute Gasteiger partial charge is 0.369 e. The van der Waals surface area contributed by atoms with Gasteiger partial charge in [-0.3, -0.25) is 4.57 Å². The summed E-state index contributed by atoms with van der Waals surface area (Å²) in [6.45, 7) is 0. The number of benzene rings is 2. The molecule has 0 bridgehead atoms. The third kappa shape index (κ3) is 1.97. The molecule has 0 aliphatic rings. The Bertz CT molecular complexity index is 841. The second-order valence-electron chi connectivity index (χ2n) is 4.22. The summed E-state index contributed by atoms with van der Waals surface area (Å²) in [5.74, 6) is 0.279. The lowest BCUT2D eigenvalue weighted by Gasteiger charge is -2.07. The van der Waals surface area contributed by atoms with E-state index < -0.39 is 0 Å². The van der Waals surface area contributed by atoms with E-state index in [1.54, 1.807) is 34.9 Å². The molecule has 2 N–H and O–H groups in total. The standard InChI is InChI=1S/C14H8Cl2N4/c15-9-4-10(16)6-11(5-9)20-12-3-1-2-8(7-17)13(12)19-14(20)18/h1-6H,(H2,18,19). The van der Waals surface area contributed by atoms with E-state index in [0.29, 0.717) is 26.8 Å². The van der Waals surface area contributed by atoms with E-state index >= 15 is 0 Å². The van der Waals surface area contributed by atoms with Crippen LogP contribution >= 0.6 is 23.2 Å². The lowest BCUT2D eigenvalue weighted by Crippen LogP contribution is -2.00. The Hall–Kier alpha value is -2.22. The van der Waals surface area contributed by atoms with E-state index in [1.807, 2.05) is 6.07 Å². The highest BCUT2D eigenvalue weighted by Gasteiger charge is 2.13. The molecule has 4 nitrogen and oxygen atoms in total. The summed E-state index contributed by atoms with van der Waals surface area (Å²) >= 11 is 12.0. The molecule has 2 aromatic carbocycles. The number of nitrogens with two attached hydrogens (primary N) is 1. The monoisotopic (exact) mass is 302 g/mol. The molecule has 3 rings (SSSR count). The smallest absolute Gasteiger partial charge is 0.205 e. The Balaban J connectivity index is 2.37. The van der Waals surface area contributed by atoms with Gasteiger partial charge in [0, 0.05) is 10.0 Å². The molecule has 0 aliphatic heterocycles. The number of hydrogen-bond donors (Lipinski definition) is 1. The SMILES string of the molecule is N#Cc1cccc2c1nc(N)n2-c1cc(Cl)cc(Cl)c1. The maximum Gasteiger partial charge on any atom is 0.205 e. The fourth-order valence-electron chi connectivity index (χ4n) is 2.15. The van der Waals surface area contributed by atoms with E-state index in [1.165, 1.54) is 0 Å². The highest BCUT2D eigenvalue weighted by atomic mass is 35.5. The summed E-state index contributed by atoms with van der Waals surface area (Å²) in [5.41, 5.74) is 8.44. The van der Waals surface area contributed by atoms with Gasteiger partial charge in [0.15, 0.2) is 0 Å². The van der Waals surface area contributed by atoms with E-state index in [9.17, 15) is 0 Å². The van der Waals surface area contributed by atoms with Gasteiger partial charge >= 0.3 is 0 Å². The highest BCUT2D eigenvalue weighted by Crippen LogP contribution is 2.28. The van der Waals surface area contributed by atoms with Crippen molar-refractivity contribution in [3.8, 4) is 11.8 Å². The van der Waals surface area contributed by atoms with Crippen molar-refractivity contribution >= 4 is 40.2 Å². The van der Waals surface area contributed by atoms with Crippen molar-refractivity contribution in [3.63, 3.8) is 0 Å². The molecule has 0 unspecified atom stereocenters. The molecule has 0 amide bonds. The van der Waals surface area contributed by atoms with Crippen LogP contribution in [0.3, 0.4) is 0 Å². The fraction of sp³-hybridized carbons (Fsp3) is 0. The Morgan fingerprint density at radius 1 is 1.15 bits per heavy atom. The molecule has 6 heteroatoms. The number of fused-ring (bicyclic) bond motifs is 1. The number of para-hydroxylation sites is 1. The number of halogens is 2. The van der Waals surface area contributed by atoms with Gasteiger partial charge < -0.3 is 5.73 Å². The number of imidazole rings is 1. The maximum atomic E-state index is 9.11. The van der Waals surface area contributed by atoms with Gasteiger partial charge in [-0.2, -0.15) is 5.26 Å². The minimum absolute atomic E-state index is 0.279. The zero-order valence-corrected chi connectivity index (χ0v) is 11.7. The normalized spacial score (nSPS) is 10.7. The fourth-order valence-corrected chi connectivity index (χ4v) is 2.66. The van der Waals surface area contributed by atoms with Crippen LogP contribution in [0.4, 0.5) is 5.95 Å². The number of hydrogen-bond acceptors (Lipinski definition) is 3. The van der Waals surface area contributed by atoms with Gasteiger partial charge in [-0.25, -0.2) is 4.98 Å². The van der Waals surface area contributed by atoms with Gasteiger partial charge in [-0.05, 0) is 30.3 Å². The molecule has 20 heavy (non-hydrogen) atoms. The number of aromatic nitrogens is 2. The van der Waals surface area contributed by atoms with E-state index in [-0.39, 0.29) is 5.95 Å². The van der Waals surface area contributed by atoms with Crippen molar-refractivity contribution < 1.29 is 0 Å². The number of nitriles is 1. The molecule has 3 aromatic rings. The molecule has 1 aromatic heterocycles. The van der Waals surface area contributed by atoms with Gasteiger partial charge in [-0.15, -0.1) is 0 Å². The van der Waals surface area contributed by atoms with Crippen LogP contribution in [0.5, 0.6) is 0 Å². The average molecular weight is 303 g/mol. The number of anilines is 1. The molecule has 0 fully saturated rings. The van der Waals surface area contributed by atoms with Crippen molar-refractivity contribution in [2.45, 2.75) is 0 Å². The summed E-state index contributed by atoms with van der Waals surface area (Å²) in [7, 11) is 0. The molecule has 0 spiro atoms. The Kier molecular flexibility index (Phi) is 3.01. The van der Waals surface area contributed by atoms with Crippen LogP contribution in [0.25, 0.3) is 16.7 Å². The molecule has 0 radical (unpaired) electrons. The second kappa shape index (κ2) is 4.71. The third-order valence-electron chi connectivity index (χ3n) is 2.94. The van der Waals surface area contributed by atoms with Crippen molar-refractivity contribution in [2.75, 3.05) is 5.73 Å². The zero-order chi connectivity index (χ0) is 14.3. The van der Waals surface area contributed by atoms with Crippen molar-refractivity contribution in [2.24, 2.45) is 0 Å². The molecule has 0 saturated heterocycles. The van der Waals surface area contributed by atoms with Crippen LogP contribution in [0.1, 0.15) is 5.56 Å². The summed E-state index contributed by atoms with van der Waals surface area (Å²) in [4.78, 5) is 4.25. The van der Waals surface area contributed by atoms with Gasteiger partial charge in [-0.1, -0.05) is 29.3 Å². The van der Waals surface area contributed by atoms with Crippen LogP contribution in [0.15, 0.2) is 36.4 Å². The van der Waals surface area contributed by atoms with Crippen molar-refractivity contribution in [3.05, 3.63) is 52.0 Å². The minimum Gasteiger partial charge on any atom is -0.369 e. The lowest BCUT2D eigenvalue weighted by atomic mass is 10.2. The number of nitrogen functional groups attached to an aromatic ring is 1. The molecular formula is C14H8Cl2N4. The van der Waals surface area contributed by atoms with Crippen LogP contribution in [0, 0.1) is 11.3 Å². The van der Waals surface area contributed by atoms with Gasteiger partial charge in [0.05, 0.1) is 16.8 Å². The van der Waals surface area contributed by atoms with Crippen LogP contribution in [-0.2, 0) is 0 Å². The highest BCUT2D eigenvalue weighted by molar-refractivity contribution is 6.34. The molecule has 98 valence electrons. The zero-order valence-electron chi connectivity index (χ0n) is 10.1. The first-order valence-electron chi connectivity index (χ1n) is 5.73. The molecule has 0 saturated carbocycles. The summed E-state index contributed by atoms with van der Waals surface area (Å²) in [6.07, 6.45) is 0. The average Bonchev–Trinajstić information content (AvgIpc) is 2.73. The predicted octanol–water partition coefficient (Wildman–Crippen LogP) is 3.79. The van der Waals surface area contributed by atoms with E-state index in [4.69, 9.17) is 34.2 Å². The first-order valence-corrected chi connectivity index (χ1v) is 6.49. The summed E-state index contributed by atoms with van der Waals surface area (Å²) in [5, 5.41) is 10.1. The number of rotatable bonds is 1. The van der Waals surface area contributed by atoms with Gasteiger partial charge in [0.2, 0.25) is 5.95 Å². The van der Waals surface area contributed by atoms with Crippen molar-refractivity contribution in [1.82, 2.24) is 9.55 Å². The van der Waals surface area contributed by atoms with Gasteiger partial charge in [0.1, 0.15) is 11.6 Å². The first kappa shape index (κ1) is 12.8. The van der Waals surface area contributed by atoms with Crippen molar-refractivity contribution in [1.29, 1.82) is 5.26 Å². The first-order chi connectivity index (χ1) is 9.60. The third-order valence-corrected chi connectivity index (χ3v) is 3.37. The van der Waals surface area contributed by atoms with E-state index in [2.05, 4.69) is 11.1 Å². The molecule has 1 heterocycles. The Labute approximate surface area is 125 Å². The number of nitrogens with zero attached hydrogens (tertiary/aromatic N) is 3.